The maximum absolute atomic E-state index is 14.3. The van der Waals surface area contributed by atoms with E-state index < -0.39 is 40.8 Å². The number of nitrogens with two attached hydrogens (primary N) is 1. The number of guanidine groups is 1. The van der Waals surface area contributed by atoms with Crippen LogP contribution in [0.4, 0.5) is 17.6 Å². The predicted octanol–water partition coefficient (Wildman–Crippen LogP) is 4.61. The number of carbonyl (C=O) groups is 1. The monoisotopic (exact) mass is 507 g/mol. The van der Waals surface area contributed by atoms with Crippen LogP contribution in [0.2, 0.25) is 5.02 Å². The van der Waals surface area contributed by atoms with Crippen molar-refractivity contribution in [3.63, 3.8) is 0 Å². The van der Waals surface area contributed by atoms with Crippen molar-refractivity contribution in [2.45, 2.75) is 13.1 Å². The minimum Gasteiger partial charge on any atom is -0.465 e. The minimum atomic E-state index is -4.78. The molecule has 0 aliphatic rings. The summed E-state index contributed by atoms with van der Waals surface area (Å²) in [5.41, 5.74) is 4.85. The summed E-state index contributed by atoms with van der Waals surface area (Å²) in [6.45, 7) is 1.36. The molecule has 2 N–H and O–H groups in total. The normalized spacial score (nSPS) is 12.2. The smallest absolute Gasteiger partial charge is 0.416 e. The molecule has 0 fully saturated rings. The Hall–Kier alpha value is -3.25. The first-order chi connectivity index (χ1) is 15.5. The Balaban J connectivity index is 2.00. The third-order valence-electron chi connectivity index (χ3n) is 4.23. The van der Waals surface area contributed by atoms with Gasteiger partial charge in [-0.25, -0.2) is 9.40 Å². The van der Waals surface area contributed by atoms with E-state index in [-0.39, 0.29) is 24.4 Å². The standard InChI is InChI=1S/C19H15Cl2F4N5O3/c1-2-32-16(31)9-29(18(26)28-21)30-15-7-12(4-3-10(15)8-27-30)33-17-13(20)5-11(6-14(17)22)19(23,24)25/h3-8H,2,9H2,1H3,(H2,26,28). The fraction of sp³-hybridized carbons (Fsp3) is 0.211. The lowest BCUT2D eigenvalue weighted by Gasteiger charge is -2.22. The Kier molecular flexibility index (Phi) is 7.18. The van der Waals surface area contributed by atoms with Crippen LogP contribution in [-0.4, -0.2) is 35.0 Å². The second-order valence-electron chi connectivity index (χ2n) is 6.43. The average molecular weight is 508 g/mol. The molecule has 0 bridgehead atoms. The number of hydrogen-bond donors (Lipinski definition) is 1. The van der Waals surface area contributed by atoms with E-state index >= 15 is 0 Å². The van der Waals surface area contributed by atoms with Crippen molar-refractivity contribution in [3.8, 4) is 11.5 Å². The van der Waals surface area contributed by atoms with Crippen LogP contribution in [0.3, 0.4) is 0 Å². The Labute approximate surface area is 194 Å². The lowest BCUT2D eigenvalue weighted by molar-refractivity contribution is -0.141. The van der Waals surface area contributed by atoms with Crippen LogP contribution in [0, 0.1) is 5.82 Å². The van der Waals surface area contributed by atoms with E-state index in [2.05, 4.69) is 9.61 Å². The van der Waals surface area contributed by atoms with E-state index in [1.54, 1.807) is 13.0 Å². The van der Waals surface area contributed by atoms with E-state index in [4.69, 9.17) is 38.6 Å². The molecule has 8 nitrogen and oxygen atoms in total. The second kappa shape index (κ2) is 9.71. The zero-order valence-electron chi connectivity index (χ0n) is 16.7. The molecule has 0 amide bonds. The SMILES string of the molecule is CCOC(=O)CN(C(N)=NCl)n1ncc2ccc(Oc3c(F)cc(C(F)(F)F)cc3Cl)cc21. The van der Waals surface area contributed by atoms with Gasteiger partial charge in [-0.15, -0.1) is 4.51 Å². The van der Waals surface area contributed by atoms with Gasteiger partial charge in [0.25, 0.3) is 0 Å². The van der Waals surface area contributed by atoms with Crippen molar-refractivity contribution in [3.05, 3.63) is 52.9 Å². The fourth-order valence-corrected chi connectivity index (χ4v) is 3.13. The maximum atomic E-state index is 14.3. The van der Waals surface area contributed by atoms with Crippen molar-refractivity contribution in [1.82, 2.24) is 9.89 Å². The molecule has 0 aliphatic carbocycles. The summed E-state index contributed by atoms with van der Waals surface area (Å²) >= 11 is 11.3. The van der Waals surface area contributed by atoms with Gasteiger partial charge >= 0.3 is 12.1 Å². The summed E-state index contributed by atoms with van der Waals surface area (Å²) in [7, 11) is 0. The lowest BCUT2D eigenvalue weighted by atomic mass is 10.2. The summed E-state index contributed by atoms with van der Waals surface area (Å²) in [5.74, 6) is -2.80. The molecule has 0 aliphatic heterocycles. The zero-order chi connectivity index (χ0) is 24.3. The number of halogens is 6. The van der Waals surface area contributed by atoms with Gasteiger partial charge in [0.2, 0.25) is 5.96 Å². The topological polar surface area (TPSA) is 95.0 Å². The molecule has 1 heterocycles. The average Bonchev–Trinajstić information content (AvgIpc) is 3.16. The van der Waals surface area contributed by atoms with Gasteiger partial charge in [0, 0.05) is 23.2 Å². The molecule has 3 aromatic rings. The van der Waals surface area contributed by atoms with Gasteiger partial charge in [-0.1, -0.05) is 11.6 Å². The third kappa shape index (κ3) is 5.40. The van der Waals surface area contributed by atoms with E-state index in [1.165, 1.54) is 23.1 Å². The van der Waals surface area contributed by atoms with Crippen LogP contribution in [-0.2, 0) is 15.7 Å². The summed E-state index contributed by atoms with van der Waals surface area (Å²) in [6, 6.07) is 5.19. The third-order valence-corrected chi connectivity index (χ3v) is 4.69. The zero-order valence-corrected chi connectivity index (χ0v) is 18.2. The highest BCUT2D eigenvalue weighted by atomic mass is 35.5. The minimum absolute atomic E-state index is 0.0160. The number of esters is 1. The van der Waals surface area contributed by atoms with E-state index in [0.29, 0.717) is 17.0 Å². The van der Waals surface area contributed by atoms with Crippen LogP contribution in [0.15, 0.2) is 41.0 Å². The van der Waals surface area contributed by atoms with E-state index in [1.807, 2.05) is 0 Å². The van der Waals surface area contributed by atoms with Gasteiger partial charge in [0.1, 0.15) is 12.3 Å². The number of carbonyl (C=O) groups excluding carboxylic acids is 1. The molecule has 176 valence electrons. The van der Waals surface area contributed by atoms with Crippen LogP contribution >= 0.6 is 23.4 Å². The van der Waals surface area contributed by atoms with Gasteiger partial charge in [0.15, 0.2) is 11.6 Å². The van der Waals surface area contributed by atoms with Crippen LogP contribution < -0.4 is 15.5 Å². The molecule has 1 aromatic heterocycles. The van der Waals surface area contributed by atoms with Gasteiger partial charge in [-0.05, 0) is 31.2 Å². The van der Waals surface area contributed by atoms with E-state index in [9.17, 15) is 22.4 Å². The summed E-state index contributed by atoms with van der Waals surface area (Å²) in [5, 5.41) is 5.23. The van der Waals surface area contributed by atoms with Crippen molar-refractivity contribution >= 4 is 46.2 Å². The number of fused-ring (bicyclic) bond motifs is 1. The summed E-state index contributed by atoms with van der Waals surface area (Å²) in [4.78, 5) is 13.2. The number of alkyl halides is 3. The Morgan fingerprint density at radius 3 is 2.64 bits per heavy atom. The van der Waals surface area contributed by atoms with Crippen LogP contribution in [0.5, 0.6) is 11.5 Å². The van der Waals surface area contributed by atoms with Crippen molar-refractivity contribution in [1.29, 1.82) is 0 Å². The highest BCUT2D eigenvalue weighted by molar-refractivity contribution is 6.32. The molecule has 14 heteroatoms. The van der Waals surface area contributed by atoms with Crippen LogP contribution in [0.1, 0.15) is 12.5 Å². The molecule has 2 aromatic carbocycles. The first kappa shape index (κ1) is 24.4. The van der Waals surface area contributed by atoms with Crippen molar-refractivity contribution in [2.75, 3.05) is 18.2 Å². The molecule has 0 radical (unpaired) electrons. The molecular weight excluding hydrogens is 493 g/mol. The molecule has 0 saturated heterocycles. The Morgan fingerprint density at radius 2 is 2.03 bits per heavy atom. The molecular formula is C19H15Cl2F4N5O3. The lowest BCUT2D eigenvalue weighted by Crippen LogP contribution is -2.48. The number of rotatable bonds is 6. The number of benzene rings is 2. The number of ether oxygens (including phenoxy) is 2. The largest absolute Gasteiger partial charge is 0.465 e. The molecule has 0 unspecified atom stereocenters. The quantitative estimate of drug-likeness (QED) is 0.226. The van der Waals surface area contributed by atoms with Crippen molar-refractivity contribution < 1.29 is 31.8 Å². The molecule has 3 rings (SSSR count). The molecule has 0 spiro atoms. The maximum Gasteiger partial charge on any atom is 0.416 e. The second-order valence-corrected chi connectivity index (χ2v) is 7.01. The van der Waals surface area contributed by atoms with Gasteiger partial charge < -0.3 is 15.2 Å². The molecule has 33 heavy (non-hydrogen) atoms. The van der Waals surface area contributed by atoms with Crippen LogP contribution in [0.25, 0.3) is 10.9 Å². The summed E-state index contributed by atoms with van der Waals surface area (Å²) < 4.78 is 66.5. The van der Waals surface area contributed by atoms with Gasteiger partial charge in [-0.3, -0.25) is 4.79 Å². The summed E-state index contributed by atoms with van der Waals surface area (Å²) in [6.07, 6.45) is -3.34. The van der Waals surface area contributed by atoms with E-state index in [0.717, 1.165) is 5.01 Å². The molecule has 0 atom stereocenters. The number of hydrogen-bond acceptors (Lipinski definition) is 5. The first-order valence-corrected chi connectivity index (χ1v) is 9.86. The number of aromatic nitrogens is 2. The fourth-order valence-electron chi connectivity index (χ4n) is 2.80. The van der Waals surface area contributed by atoms with Crippen molar-refractivity contribution in [2.24, 2.45) is 10.2 Å². The molecule has 0 saturated carbocycles. The Morgan fingerprint density at radius 1 is 1.30 bits per heavy atom. The number of nitrogens with zero attached hydrogens (tertiary/aromatic N) is 4. The highest BCUT2D eigenvalue weighted by Crippen LogP contribution is 2.39. The predicted molar refractivity (Wildman–Crippen MR) is 113 cm³/mol. The highest BCUT2D eigenvalue weighted by Gasteiger charge is 2.32. The Bertz CT molecular complexity index is 1190. The van der Waals surface area contributed by atoms with Gasteiger partial charge in [0.05, 0.1) is 28.9 Å². The van der Waals surface area contributed by atoms with Gasteiger partial charge in [-0.2, -0.15) is 23.1 Å². The first-order valence-electron chi connectivity index (χ1n) is 9.15.